The Kier molecular flexibility index (Phi) is 4.88. The largest absolute Gasteiger partial charge is 0.494 e. The second-order valence-corrected chi connectivity index (χ2v) is 5.47. The van der Waals surface area contributed by atoms with Gasteiger partial charge in [-0.2, -0.15) is 0 Å². The number of nitrogens with one attached hydrogen (secondary N) is 1. The number of rotatable bonds is 7. The molecule has 0 aromatic heterocycles. The van der Waals surface area contributed by atoms with Gasteiger partial charge in [0.25, 0.3) is 5.91 Å². The smallest absolute Gasteiger partial charge is 0.325 e. The molecule has 2 rings (SSSR count). The maximum atomic E-state index is 12.6. The van der Waals surface area contributed by atoms with Crippen LogP contribution < -0.4 is 10.1 Å². The van der Waals surface area contributed by atoms with Gasteiger partial charge in [-0.15, -0.1) is 0 Å². The summed E-state index contributed by atoms with van der Waals surface area (Å²) >= 11 is 0. The third-order valence-electron chi connectivity index (χ3n) is 3.79. The summed E-state index contributed by atoms with van der Waals surface area (Å²) in [5.74, 6) is -0.640. The summed E-state index contributed by atoms with van der Waals surface area (Å²) in [4.78, 5) is 36.3. The third-order valence-corrected chi connectivity index (χ3v) is 3.79. The van der Waals surface area contributed by atoms with Crippen LogP contribution >= 0.6 is 0 Å². The first-order valence-electron chi connectivity index (χ1n) is 7.47. The lowest BCUT2D eigenvalue weighted by atomic mass is 9.92. The molecule has 0 bridgehead atoms. The van der Waals surface area contributed by atoms with E-state index in [0.29, 0.717) is 17.9 Å². The Morgan fingerprint density at radius 3 is 2.52 bits per heavy atom. The number of aliphatic carboxylic acids is 1. The van der Waals surface area contributed by atoms with E-state index in [9.17, 15) is 14.4 Å². The maximum Gasteiger partial charge on any atom is 0.325 e. The molecule has 0 radical (unpaired) electrons. The molecule has 1 aliphatic rings. The van der Waals surface area contributed by atoms with E-state index in [2.05, 4.69) is 5.32 Å². The summed E-state index contributed by atoms with van der Waals surface area (Å²) in [6.07, 6.45) is 0.144. The Labute approximate surface area is 134 Å². The molecule has 7 nitrogen and oxygen atoms in total. The SMILES string of the molecule is CCOc1ccc(C2(C)NC(=O)N(CCCC(=O)O)C2=O)cc1. The third kappa shape index (κ3) is 3.44. The summed E-state index contributed by atoms with van der Waals surface area (Å²) in [5.41, 5.74) is -0.495. The Morgan fingerprint density at radius 2 is 1.96 bits per heavy atom. The summed E-state index contributed by atoms with van der Waals surface area (Å²) in [5, 5.41) is 11.3. The van der Waals surface area contributed by atoms with Crippen molar-refractivity contribution >= 4 is 17.9 Å². The molecule has 0 spiro atoms. The van der Waals surface area contributed by atoms with Crippen molar-refractivity contribution in [3.8, 4) is 5.75 Å². The van der Waals surface area contributed by atoms with E-state index in [4.69, 9.17) is 9.84 Å². The second kappa shape index (κ2) is 6.68. The molecule has 1 aromatic rings. The first kappa shape index (κ1) is 16.8. The van der Waals surface area contributed by atoms with Crippen LogP contribution in [0, 0.1) is 0 Å². The highest BCUT2D eigenvalue weighted by molar-refractivity contribution is 6.07. The van der Waals surface area contributed by atoms with Gasteiger partial charge in [0.05, 0.1) is 6.61 Å². The van der Waals surface area contributed by atoms with Crippen LogP contribution in [-0.2, 0) is 15.1 Å². The number of benzene rings is 1. The Hall–Kier alpha value is -2.57. The zero-order valence-electron chi connectivity index (χ0n) is 13.2. The molecular weight excluding hydrogens is 300 g/mol. The van der Waals surface area contributed by atoms with E-state index in [1.807, 2.05) is 6.92 Å². The highest BCUT2D eigenvalue weighted by Crippen LogP contribution is 2.30. The second-order valence-electron chi connectivity index (χ2n) is 5.47. The highest BCUT2D eigenvalue weighted by Gasteiger charge is 2.48. The van der Waals surface area contributed by atoms with Gasteiger partial charge in [0.2, 0.25) is 0 Å². The summed E-state index contributed by atoms with van der Waals surface area (Å²) in [6, 6.07) is 6.47. The number of hydrogen-bond donors (Lipinski definition) is 2. The molecule has 1 aromatic carbocycles. The summed E-state index contributed by atoms with van der Waals surface area (Å²) < 4.78 is 5.36. The van der Waals surface area contributed by atoms with E-state index in [1.54, 1.807) is 31.2 Å². The minimum Gasteiger partial charge on any atom is -0.494 e. The fourth-order valence-corrected chi connectivity index (χ4v) is 2.54. The van der Waals surface area contributed by atoms with E-state index in [-0.39, 0.29) is 25.3 Å². The van der Waals surface area contributed by atoms with Crippen molar-refractivity contribution in [2.45, 2.75) is 32.2 Å². The van der Waals surface area contributed by atoms with Crippen molar-refractivity contribution in [1.82, 2.24) is 10.2 Å². The Balaban J connectivity index is 2.13. The van der Waals surface area contributed by atoms with Gasteiger partial charge in [-0.05, 0) is 38.0 Å². The maximum absolute atomic E-state index is 12.6. The van der Waals surface area contributed by atoms with Gasteiger partial charge in [-0.1, -0.05) is 12.1 Å². The number of amides is 3. The molecule has 124 valence electrons. The lowest BCUT2D eigenvalue weighted by molar-refractivity contribution is -0.138. The minimum absolute atomic E-state index is 0.0865. The number of hydrogen-bond acceptors (Lipinski definition) is 4. The van der Waals surface area contributed by atoms with Crippen LogP contribution in [0.4, 0.5) is 4.79 Å². The molecule has 23 heavy (non-hydrogen) atoms. The molecule has 2 N–H and O–H groups in total. The number of ether oxygens (including phenoxy) is 1. The fourth-order valence-electron chi connectivity index (χ4n) is 2.54. The van der Waals surface area contributed by atoms with Gasteiger partial charge in [-0.3, -0.25) is 14.5 Å². The van der Waals surface area contributed by atoms with Crippen LogP contribution in [0.25, 0.3) is 0 Å². The van der Waals surface area contributed by atoms with E-state index in [1.165, 1.54) is 0 Å². The number of carboxylic acids is 1. The predicted octanol–water partition coefficient (Wildman–Crippen LogP) is 1.72. The van der Waals surface area contributed by atoms with Crippen molar-refractivity contribution in [2.75, 3.05) is 13.2 Å². The number of carbonyl (C=O) groups is 3. The summed E-state index contributed by atoms with van der Waals surface area (Å²) in [7, 11) is 0. The van der Waals surface area contributed by atoms with E-state index in [0.717, 1.165) is 4.90 Å². The molecule has 3 amide bonds. The fraction of sp³-hybridized carbons (Fsp3) is 0.438. The normalized spacial score (nSPS) is 20.5. The number of imide groups is 1. The monoisotopic (exact) mass is 320 g/mol. The topological polar surface area (TPSA) is 95.9 Å². The van der Waals surface area contributed by atoms with Crippen molar-refractivity contribution in [3.63, 3.8) is 0 Å². The molecule has 1 aliphatic heterocycles. The molecule has 1 fully saturated rings. The molecule has 1 unspecified atom stereocenters. The van der Waals surface area contributed by atoms with Gasteiger partial charge in [-0.25, -0.2) is 4.79 Å². The zero-order valence-corrected chi connectivity index (χ0v) is 13.2. The number of urea groups is 1. The zero-order chi connectivity index (χ0) is 17.0. The summed E-state index contributed by atoms with van der Waals surface area (Å²) in [6.45, 7) is 4.15. The molecule has 0 aliphatic carbocycles. The van der Waals surface area contributed by atoms with Crippen LogP contribution in [-0.4, -0.2) is 41.1 Å². The predicted molar refractivity (Wildman–Crippen MR) is 82.1 cm³/mol. The van der Waals surface area contributed by atoms with Crippen LogP contribution in [0.3, 0.4) is 0 Å². The molecule has 0 saturated carbocycles. The van der Waals surface area contributed by atoms with Gasteiger partial charge in [0, 0.05) is 13.0 Å². The standard InChI is InChI=1S/C16H20N2O5/c1-3-23-12-8-6-11(7-9-12)16(2)14(21)18(15(22)17-16)10-4-5-13(19)20/h6-9H,3-5,10H2,1-2H3,(H,17,22)(H,19,20). The average molecular weight is 320 g/mol. The van der Waals surface area contributed by atoms with Crippen LogP contribution in [0.5, 0.6) is 5.75 Å². The van der Waals surface area contributed by atoms with Gasteiger partial charge in [0.1, 0.15) is 11.3 Å². The van der Waals surface area contributed by atoms with Gasteiger partial charge >= 0.3 is 12.0 Å². The van der Waals surface area contributed by atoms with Gasteiger partial charge < -0.3 is 15.2 Å². The van der Waals surface area contributed by atoms with Crippen LogP contribution in [0.1, 0.15) is 32.3 Å². The molecule has 1 saturated heterocycles. The number of nitrogens with zero attached hydrogens (tertiary/aromatic N) is 1. The molecule has 1 atom stereocenters. The first-order chi connectivity index (χ1) is 10.9. The lowest BCUT2D eigenvalue weighted by Crippen LogP contribution is -2.41. The van der Waals surface area contributed by atoms with Crippen LogP contribution in [0.15, 0.2) is 24.3 Å². The van der Waals surface area contributed by atoms with Crippen molar-refractivity contribution < 1.29 is 24.2 Å². The van der Waals surface area contributed by atoms with E-state index >= 15 is 0 Å². The minimum atomic E-state index is -1.15. The van der Waals surface area contributed by atoms with Crippen LogP contribution in [0.2, 0.25) is 0 Å². The quantitative estimate of drug-likeness (QED) is 0.746. The lowest BCUT2D eigenvalue weighted by Gasteiger charge is -2.22. The van der Waals surface area contributed by atoms with Crippen molar-refractivity contribution in [1.29, 1.82) is 0 Å². The van der Waals surface area contributed by atoms with Gasteiger partial charge in [0.15, 0.2) is 0 Å². The number of carbonyl (C=O) groups excluding carboxylic acids is 2. The first-order valence-corrected chi connectivity index (χ1v) is 7.47. The number of carboxylic acid groups (broad SMARTS) is 1. The molecule has 1 heterocycles. The van der Waals surface area contributed by atoms with Crippen molar-refractivity contribution in [2.24, 2.45) is 0 Å². The average Bonchev–Trinajstić information content (AvgIpc) is 2.72. The highest BCUT2D eigenvalue weighted by atomic mass is 16.5. The van der Waals surface area contributed by atoms with Crippen molar-refractivity contribution in [3.05, 3.63) is 29.8 Å². The molecule has 7 heteroatoms. The van der Waals surface area contributed by atoms with E-state index < -0.39 is 17.5 Å². The molecular formula is C16H20N2O5. The Morgan fingerprint density at radius 1 is 1.30 bits per heavy atom. The Bertz CT molecular complexity index is 613.